The van der Waals surface area contributed by atoms with E-state index in [0.29, 0.717) is 0 Å². The number of halogens is 1. The van der Waals surface area contributed by atoms with Gasteiger partial charge in [-0.25, -0.2) is 28.4 Å². The fourth-order valence-electron chi connectivity index (χ4n) is 0. The van der Waals surface area contributed by atoms with E-state index in [4.69, 9.17) is 20.4 Å². The fourth-order valence-corrected chi connectivity index (χ4v) is 0. The van der Waals surface area contributed by atoms with Gasteiger partial charge in [0.05, 0.1) is 0 Å². The molecule has 0 fully saturated rings. The molecule has 0 aromatic carbocycles. The van der Waals surface area contributed by atoms with Crippen molar-refractivity contribution in [2.75, 3.05) is 0 Å². The quantitative estimate of drug-likeness (QED) is 0.391. The number of hydrogen-bond acceptors (Lipinski definition) is 4. The Morgan fingerprint density at radius 1 is 0.600 bits per heavy atom. The van der Waals surface area contributed by atoms with Crippen molar-refractivity contribution in [3.63, 3.8) is 0 Å². The van der Waals surface area contributed by atoms with E-state index in [1.165, 1.54) is 0 Å². The van der Waals surface area contributed by atoms with Gasteiger partial charge in [0.1, 0.15) is 0 Å². The van der Waals surface area contributed by atoms with Crippen molar-refractivity contribution < 1.29 is 37.7 Å². The Labute approximate surface area is 76.2 Å². The van der Waals surface area contributed by atoms with Crippen LogP contribution in [0.15, 0.2) is 0 Å². The molecule has 0 aromatic rings. The number of aliphatic hydroxyl groups is 4. The molecular weight excluding hydrogens is 249 g/mol. The molecule has 0 saturated heterocycles. The summed E-state index contributed by atoms with van der Waals surface area (Å²) >= 11 is 1.82. The van der Waals surface area contributed by atoms with Crippen LogP contribution in [0.3, 0.4) is 0 Å². The third-order valence-corrected chi connectivity index (χ3v) is 0. The Bertz CT molecular complexity index is 17.2. The molecule has 0 radical (unpaired) electrons. The normalized spacial score (nSPS) is 3.00. The molecule has 0 rings (SSSR count). The van der Waals surface area contributed by atoms with E-state index in [1.807, 2.05) is 17.3 Å². The molecule has 10 heavy (non-hydrogen) atoms. The molecule has 71 valence electrons. The molecule has 0 bridgehead atoms. The van der Waals surface area contributed by atoms with Gasteiger partial charge in [0.25, 0.3) is 0 Å². The minimum atomic E-state index is 1.82. The first kappa shape index (κ1) is 30.9. The standard InChI is InChI=1S/4CH3O.ClH.Ru/c4*1-2;;/h4*2H,1H2;1H;/q4*-1;;+1/p-1. The van der Waals surface area contributed by atoms with Gasteiger partial charge >= 0.3 is 27.0 Å². The maximum absolute atomic E-state index is 6.75. The average Bonchev–Trinajstić information content (AvgIpc) is 2.20. The molecule has 0 aliphatic carbocycles. The van der Waals surface area contributed by atoms with Gasteiger partial charge in [0, 0.05) is 0 Å². The van der Waals surface area contributed by atoms with Crippen molar-refractivity contribution in [1.29, 1.82) is 0 Å². The third kappa shape index (κ3) is 927. The van der Waals surface area contributed by atoms with E-state index in [2.05, 4.69) is 38.1 Å². The molecule has 0 aromatic heterocycles. The molecule has 4 nitrogen and oxygen atoms in total. The Balaban J connectivity index is -0.0000000104. The zero-order valence-corrected chi connectivity index (χ0v) is 7.84. The zero-order chi connectivity index (χ0) is 10.0. The summed E-state index contributed by atoms with van der Waals surface area (Å²) in [5, 5.41) is 27.0. The molecule has 0 heterocycles. The fraction of sp³-hybridized carbons (Fsp3) is 0. The second kappa shape index (κ2) is 1320. The summed E-state index contributed by atoms with van der Waals surface area (Å²) in [5.41, 5.74) is 0. The number of rotatable bonds is 0. The van der Waals surface area contributed by atoms with E-state index >= 15 is 0 Å². The number of aliphatic hydroxyl groups excluding tert-OH is 4. The van der Waals surface area contributed by atoms with E-state index in [-0.39, 0.29) is 0 Å². The Kier molecular flexibility index (Phi) is 4070. The number of hydrogen-bond donors (Lipinski definition) is 4. The topological polar surface area (TPSA) is 80.9 Å². The van der Waals surface area contributed by atoms with Crippen molar-refractivity contribution in [2.24, 2.45) is 0 Å². The summed E-state index contributed by atoms with van der Waals surface area (Å²) in [4.78, 5) is 0. The molecule has 0 aliphatic heterocycles. The van der Waals surface area contributed by atoms with Gasteiger partial charge in [-0.05, 0) is 0 Å². The van der Waals surface area contributed by atoms with E-state index in [1.54, 1.807) is 0 Å². The maximum atomic E-state index is 6.75. The van der Waals surface area contributed by atoms with E-state index in [9.17, 15) is 0 Å². The molecule has 0 aliphatic rings. The van der Waals surface area contributed by atoms with Gasteiger partial charge in [-0.1, -0.05) is 0 Å². The van der Waals surface area contributed by atoms with Crippen molar-refractivity contribution in [2.45, 2.75) is 0 Å². The van der Waals surface area contributed by atoms with Crippen molar-refractivity contribution >= 4 is 9.69 Å². The van der Waals surface area contributed by atoms with Gasteiger partial charge in [-0.2, -0.15) is 0 Å². The molecule has 0 atom stereocenters. The first-order valence-corrected chi connectivity index (χ1v) is 3.64. The zero-order valence-electron chi connectivity index (χ0n) is 5.35. The molecule has 0 unspecified atom stereocenters. The monoisotopic (exact) mass is 261 g/mol. The van der Waals surface area contributed by atoms with E-state index < -0.39 is 0 Å². The average molecular weight is 261 g/mol. The second-order valence-electron chi connectivity index (χ2n) is 0. The van der Waals surface area contributed by atoms with Gasteiger partial charge in [-0.15, -0.1) is 0 Å². The molecule has 4 N–H and O–H groups in total. The molecule has 0 saturated carbocycles. The first-order chi connectivity index (χ1) is 5.00. The third-order valence-electron chi connectivity index (χ3n) is 0. The van der Waals surface area contributed by atoms with Crippen molar-refractivity contribution in [3.05, 3.63) is 28.4 Å². The SMILES string of the molecule is [CH2-]O.[CH2-]O.[CH2-]O.[CH2-]O.[Cl][Ru]. The van der Waals surface area contributed by atoms with Crippen LogP contribution in [0.25, 0.3) is 0 Å². The predicted octanol–water partition coefficient (Wildman–Crippen LogP) is 1.29. The van der Waals surface area contributed by atoms with Gasteiger partial charge < -0.3 is 20.4 Å². The Morgan fingerprint density at radius 3 is 0.600 bits per heavy atom. The summed E-state index contributed by atoms with van der Waals surface area (Å²) in [6, 6.07) is 0. The second-order valence-corrected chi connectivity index (χ2v) is 0. The van der Waals surface area contributed by atoms with Crippen LogP contribution in [-0.2, 0) is 17.3 Å². The van der Waals surface area contributed by atoms with Crippen LogP contribution in [0.5, 0.6) is 0 Å². The summed E-state index contributed by atoms with van der Waals surface area (Å²) in [5.74, 6) is 0. The molecule has 0 amide bonds. The van der Waals surface area contributed by atoms with Crippen LogP contribution in [0.4, 0.5) is 0 Å². The van der Waals surface area contributed by atoms with Crippen LogP contribution in [0, 0.1) is 28.4 Å². The summed E-state index contributed by atoms with van der Waals surface area (Å²) in [6.07, 6.45) is 0. The van der Waals surface area contributed by atoms with Gasteiger partial charge in [0.2, 0.25) is 0 Å². The van der Waals surface area contributed by atoms with Crippen LogP contribution < -0.4 is 0 Å². The minimum absolute atomic E-state index is 1.82. The van der Waals surface area contributed by atoms with Crippen molar-refractivity contribution in [3.8, 4) is 0 Å². The molecule has 0 spiro atoms. The summed E-state index contributed by atoms with van der Waals surface area (Å²) in [7, 11) is 13.6. The molecular formula is C4H12ClO4Ru-4. The predicted molar refractivity (Wildman–Crippen MR) is 35.0 cm³/mol. The van der Waals surface area contributed by atoms with Crippen LogP contribution >= 0.6 is 9.69 Å². The van der Waals surface area contributed by atoms with Crippen LogP contribution in [-0.4, -0.2) is 20.4 Å². The van der Waals surface area contributed by atoms with Crippen molar-refractivity contribution in [1.82, 2.24) is 0 Å². The Morgan fingerprint density at radius 2 is 0.600 bits per heavy atom. The van der Waals surface area contributed by atoms with Crippen LogP contribution in [0.1, 0.15) is 0 Å². The molecule has 6 heteroatoms. The summed E-state index contributed by atoms with van der Waals surface area (Å²) in [6.45, 7) is 0. The van der Waals surface area contributed by atoms with Gasteiger partial charge in [0.15, 0.2) is 0 Å². The summed E-state index contributed by atoms with van der Waals surface area (Å²) < 4.78 is 0. The Hall–Kier alpha value is 0.753. The first-order valence-electron chi connectivity index (χ1n) is 1.40. The van der Waals surface area contributed by atoms with Crippen LogP contribution in [0.2, 0.25) is 0 Å². The van der Waals surface area contributed by atoms with Gasteiger partial charge in [-0.3, -0.25) is 0 Å². The van der Waals surface area contributed by atoms with E-state index in [0.717, 1.165) is 0 Å².